The van der Waals surface area contributed by atoms with Gasteiger partial charge in [-0.25, -0.2) is 0 Å². The molecule has 0 saturated carbocycles. The normalized spacial score (nSPS) is 19.1. The Balaban J connectivity index is 2.10. The third-order valence-corrected chi connectivity index (χ3v) is 3.86. The van der Waals surface area contributed by atoms with E-state index >= 15 is 0 Å². The van der Waals surface area contributed by atoms with Crippen LogP contribution in [0.15, 0.2) is 0 Å². The molecule has 1 fully saturated rings. The minimum atomic E-state index is -4.14. The van der Waals surface area contributed by atoms with Crippen molar-refractivity contribution in [3.05, 3.63) is 0 Å². The number of carboxylic acid groups (broad SMARTS) is 1. The SMILES string of the molecule is O=C(O)CCC1CCN(CCSC(F)(F)F)CC1. The molecule has 0 aliphatic carbocycles. The average Bonchev–Trinajstić information content (AvgIpc) is 2.26. The van der Waals surface area contributed by atoms with Gasteiger partial charge in [0.15, 0.2) is 0 Å². The summed E-state index contributed by atoms with van der Waals surface area (Å²) in [6, 6.07) is 0. The van der Waals surface area contributed by atoms with E-state index in [1.807, 2.05) is 4.90 Å². The Morgan fingerprint density at radius 2 is 1.94 bits per heavy atom. The molecule has 0 amide bonds. The molecule has 106 valence electrons. The lowest BCUT2D eigenvalue weighted by atomic mass is 9.92. The molecule has 7 heteroatoms. The van der Waals surface area contributed by atoms with Gasteiger partial charge in [-0.1, -0.05) is 0 Å². The van der Waals surface area contributed by atoms with Crippen LogP contribution in [0.1, 0.15) is 25.7 Å². The second-order valence-electron chi connectivity index (χ2n) is 4.51. The number of nitrogens with zero attached hydrogens (tertiary/aromatic N) is 1. The largest absolute Gasteiger partial charge is 0.481 e. The van der Waals surface area contributed by atoms with Crippen molar-refractivity contribution in [1.29, 1.82) is 0 Å². The van der Waals surface area contributed by atoms with Crippen molar-refractivity contribution in [1.82, 2.24) is 4.90 Å². The maximum atomic E-state index is 11.9. The zero-order valence-electron chi connectivity index (χ0n) is 10.1. The summed E-state index contributed by atoms with van der Waals surface area (Å²) in [7, 11) is 0. The Morgan fingerprint density at radius 3 is 2.44 bits per heavy atom. The van der Waals surface area contributed by atoms with Crippen molar-refractivity contribution in [2.45, 2.75) is 31.2 Å². The van der Waals surface area contributed by atoms with Crippen LogP contribution in [0, 0.1) is 5.92 Å². The van der Waals surface area contributed by atoms with Crippen molar-refractivity contribution < 1.29 is 23.1 Å². The second kappa shape index (κ2) is 7.23. The van der Waals surface area contributed by atoms with Crippen LogP contribution in [0.5, 0.6) is 0 Å². The fraction of sp³-hybridized carbons (Fsp3) is 0.909. The number of rotatable bonds is 6. The third-order valence-electron chi connectivity index (χ3n) is 3.15. The molecule has 3 nitrogen and oxygen atoms in total. The van der Waals surface area contributed by atoms with E-state index < -0.39 is 11.5 Å². The molecule has 0 aromatic rings. The number of likely N-dealkylation sites (tertiary alicyclic amines) is 1. The molecular weight excluding hydrogens is 267 g/mol. The molecule has 1 heterocycles. The van der Waals surface area contributed by atoms with Gasteiger partial charge in [0.05, 0.1) is 0 Å². The second-order valence-corrected chi connectivity index (χ2v) is 5.67. The number of hydrogen-bond donors (Lipinski definition) is 1. The summed E-state index contributed by atoms with van der Waals surface area (Å²) in [5.74, 6) is -0.296. The molecule has 1 rings (SSSR count). The van der Waals surface area contributed by atoms with Crippen LogP contribution in [0.4, 0.5) is 13.2 Å². The first-order valence-corrected chi connectivity index (χ1v) is 7.00. The number of carboxylic acids is 1. The predicted molar refractivity (Wildman–Crippen MR) is 64.5 cm³/mol. The summed E-state index contributed by atoms with van der Waals surface area (Å²) in [6.45, 7) is 2.02. The summed E-state index contributed by atoms with van der Waals surface area (Å²) in [6.07, 6.45) is 2.66. The van der Waals surface area contributed by atoms with E-state index in [0.717, 1.165) is 25.9 Å². The fourth-order valence-electron chi connectivity index (χ4n) is 2.12. The van der Waals surface area contributed by atoms with Crippen molar-refractivity contribution in [2.24, 2.45) is 5.92 Å². The summed E-state index contributed by atoms with van der Waals surface area (Å²) in [5, 5.41) is 8.57. The van der Waals surface area contributed by atoms with E-state index in [1.54, 1.807) is 0 Å². The summed E-state index contributed by atoms with van der Waals surface area (Å²) < 4.78 is 35.8. The molecule has 0 spiro atoms. The molecule has 1 aliphatic rings. The summed E-state index contributed by atoms with van der Waals surface area (Å²) in [4.78, 5) is 12.4. The predicted octanol–water partition coefficient (Wildman–Crippen LogP) is 2.82. The number of piperidine rings is 1. The Hall–Kier alpha value is -0.430. The maximum Gasteiger partial charge on any atom is 0.441 e. The van der Waals surface area contributed by atoms with Gasteiger partial charge in [-0.05, 0) is 50.0 Å². The molecule has 1 saturated heterocycles. The molecule has 18 heavy (non-hydrogen) atoms. The van der Waals surface area contributed by atoms with Crippen molar-refractivity contribution in [2.75, 3.05) is 25.4 Å². The number of aliphatic carboxylic acids is 1. The summed E-state index contributed by atoms with van der Waals surface area (Å²) in [5.41, 5.74) is -4.14. The van der Waals surface area contributed by atoms with E-state index in [9.17, 15) is 18.0 Å². The molecule has 0 atom stereocenters. The van der Waals surface area contributed by atoms with Gasteiger partial charge in [0.2, 0.25) is 0 Å². The lowest BCUT2D eigenvalue weighted by Crippen LogP contribution is -2.35. The highest BCUT2D eigenvalue weighted by Crippen LogP contribution is 2.30. The molecule has 0 radical (unpaired) electrons. The number of hydrogen-bond acceptors (Lipinski definition) is 3. The van der Waals surface area contributed by atoms with Crippen LogP contribution >= 0.6 is 11.8 Å². The smallest absolute Gasteiger partial charge is 0.441 e. The molecule has 0 bridgehead atoms. The van der Waals surface area contributed by atoms with Gasteiger partial charge in [0, 0.05) is 18.7 Å². The van der Waals surface area contributed by atoms with Crippen LogP contribution in [-0.4, -0.2) is 46.9 Å². The lowest BCUT2D eigenvalue weighted by molar-refractivity contribution is -0.137. The molecule has 0 aromatic carbocycles. The number of halogens is 3. The zero-order valence-corrected chi connectivity index (χ0v) is 10.9. The van der Waals surface area contributed by atoms with Gasteiger partial charge in [-0.15, -0.1) is 0 Å². The first-order valence-electron chi connectivity index (χ1n) is 6.01. The highest BCUT2D eigenvalue weighted by molar-refractivity contribution is 8.00. The number of carbonyl (C=O) groups is 1. The van der Waals surface area contributed by atoms with Gasteiger partial charge in [0.1, 0.15) is 0 Å². The van der Waals surface area contributed by atoms with E-state index in [2.05, 4.69) is 0 Å². The minimum absolute atomic E-state index is 0.0228. The van der Waals surface area contributed by atoms with Gasteiger partial charge in [-0.3, -0.25) is 4.79 Å². The van der Waals surface area contributed by atoms with Crippen molar-refractivity contribution in [3.8, 4) is 0 Å². The Bertz CT molecular complexity index is 266. The number of alkyl halides is 3. The Morgan fingerprint density at radius 1 is 1.33 bits per heavy atom. The highest BCUT2D eigenvalue weighted by atomic mass is 32.2. The number of thioether (sulfide) groups is 1. The molecule has 1 N–H and O–H groups in total. The quantitative estimate of drug-likeness (QED) is 0.814. The molecule has 1 aliphatic heterocycles. The fourth-order valence-corrected chi connectivity index (χ4v) is 2.70. The van der Waals surface area contributed by atoms with Gasteiger partial charge >= 0.3 is 11.5 Å². The molecule has 0 unspecified atom stereocenters. The van der Waals surface area contributed by atoms with Crippen LogP contribution in [0.3, 0.4) is 0 Å². The first kappa shape index (κ1) is 15.6. The summed E-state index contributed by atoms with van der Waals surface area (Å²) >= 11 is 0.0228. The van der Waals surface area contributed by atoms with Gasteiger partial charge in [-0.2, -0.15) is 13.2 Å². The van der Waals surface area contributed by atoms with E-state index in [1.165, 1.54) is 0 Å². The van der Waals surface area contributed by atoms with Crippen LogP contribution < -0.4 is 0 Å². The van der Waals surface area contributed by atoms with Crippen molar-refractivity contribution in [3.63, 3.8) is 0 Å². The van der Waals surface area contributed by atoms with Crippen molar-refractivity contribution >= 4 is 17.7 Å². The van der Waals surface area contributed by atoms with Crippen LogP contribution in [-0.2, 0) is 4.79 Å². The van der Waals surface area contributed by atoms with E-state index in [-0.39, 0.29) is 23.9 Å². The Labute approximate surface area is 109 Å². The highest BCUT2D eigenvalue weighted by Gasteiger charge is 2.28. The zero-order chi connectivity index (χ0) is 13.6. The topological polar surface area (TPSA) is 40.5 Å². The van der Waals surface area contributed by atoms with E-state index in [0.29, 0.717) is 18.9 Å². The standard InChI is InChI=1S/C11H18F3NO2S/c12-11(13,14)18-8-7-15-5-3-9(4-6-15)1-2-10(16)17/h9H,1-8H2,(H,16,17). The maximum absolute atomic E-state index is 11.9. The van der Waals surface area contributed by atoms with E-state index in [4.69, 9.17) is 5.11 Å². The monoisotopic (exact) mass is 285 g/mol. The molecule has 0 aromatic heterocycles. The minimum Gasteiger partial charge on any atom is -0.481 e. The molecular formula is C11H18F3NO2S. The van der Waals surface area contributed by atoms with Crippen LogP contribution in [0.25, 0.3) is 0 Å². The van der Waals surface area contributed by atoms with Crippen LogP contribution in [0.2, 0.25) is 0 Å². The lowest BCUT2D eigenvalue weighted by Gasteiger charge is -2.31. The third kappa shape index (κ3) is 7.10. The Kier molecular flexibility index (Phi) is 6.28. The van der Waals surface area contributed by atoms with Gasteiger partial charge in [0.25, 0.3) is 0 Å². The van der Waals surface area contributed by atoms with Gasteiger partial charge < -0.3 is 10.0 Å². The first-order chi connectivity index (χ1) is 8.37. The average molecular weight is 285 g/mol.